The van der Waals surface area contributed by atoms with Gasteiger partial charge >= 0.3 is 11.9 Å². The number of para-hydroxylation sites is 1. The molecule has 266 valence electrons. The average Bonchev–Trinajstić information content (AvgIpc) is 3.58. The van der Waals surface area contributed by atoms with Crippen LogP contribution in [0.3, 0.4) is 0 Å². The van der Waals surface area contributed by atoms with Crippen LogP contribution < -0.4 is 15.4 Å². The number of benzene rings is 4. The number of amides is 2. The van der Waals surface area contributed by atoms with Crippen LogP contribution in [0.1, 0.15) is 53.5 Å². The molecule has 1 aromatic heterocycles. The summed E-state index contributed by atoms with van der Waals surface area (Å²) in [4.78, 5) is 52.2. The number of halogens is 1. The van der Waals surface area contributed by atoms with E-state index in [1.807, 2.05) is 43.3 Å². The van der Waals surface area contributed by atoms with E-state index in [0.29, 0.717) is 56.7 Å². The van der Waals surface area contributed by atoms with Gasteiger partial charge < -0.3 is 24.8 Å². The number of nitrogens with zero attached hydrogens (tertiary/aromatic N) is 2. The quantitative estimate of drug-likeness (QED) is 0.0510. The number of carbonyl (C=O) groups excluding carboxylic acids is 4. The van der Waals surface area contributed by atoms with E-state index >= 15 is 0 Å². The minimum Gasteiger partial charge on any atom is -0.492 e. The highest BCUT2D eigenvalue weighted by molar-refractivity contribution is 6.32. The van der Waals surface area contributed by atoms with Gasteiger partial charge in [0.1, 0.15) is 17.0 Å². The van der Waals surface area contributed by atoms with E-state index < -0.39 is 23.8 Å². The Kier molecular flexibility index (Phi) is 12.6. The van der Waals surface area contributed by atoms with E-state index in [1.54, 1.807) is 36.9 Å². The molecule has 0 aliphatic carbocycles. The van der Waals surface area contributed by atoms with E-state index in [9.17, 15) is 19.2 Å². The highest BCUT2D eigenvalue weighted by Crippen LogP contribution is 2.33. The average molecular weight is 721 g/mol. The molecule has 0 aliphatic rings. The summed E-state index contributed by atoms with van der Waals surface area (Å²) in [6, 6.07) is 26.9. The largest absolute Gasteiger partial charge is 0.492 e. The van der Waals surface area contributed by atoms with Crippen LogP contribution in [0.5, 0.6) is 5.75 Å². The van der Waals surface area contributed by atoms with E-state index in [1.165, 1.54) is 54.6 Å². The van der Waals surface area contributed by atoms with Crippen molar-refractivity contribution in [1.29, 1.82) is 0 Å². The van der Waals surface area contributed by atoms with Crippen molar-refractivity contribution < 1.29 is 33.4 Å². The van der Waals surface area contributed by atoms with Crippen molar-refractivity contribution in [3.8, 4) is 22.7 Å². The molecule has 2 N–H and O–H groups in total. The number of nitrogens with one attached hydrogen (secondary N) is 2. The number of ether oxygens (including phenoxy) is 3. The zero-order valence-corrected chi connectivity index (χ0v) is 29.6. The van der Waals surface area contributed by atoms with Crippen molar-refractivity contribution >= 4 is 52.8 Å². The summed E-state index contributed by atoms with van der Waals surface area (Å²) >= 11 is 6.61. The molecular weight excluding hydrogens is 684 g/mol. The van der Waals surface area contributed by atoms with Gasteiger partial charge in [-0.05, 0) is 105 Å². The lowest BCUT2D eigenvalue weighted by atomic mass is 10.0. The highest BCUT2D eigenvalue weighted by atomic mass is 35.5. The molecule has 52 heavy (non-hydrogen) atoms. The summed E-state index contributed by atoms with van der Waals surface area (Å²) in [5.74, 6) is -1.94. The van der Waals surface area contributed by atoms with Gasteiger partial charge in [-0.15, -0.1) is 0 Å². The first-order chi connectivity index (χ1) is 25.2. The van der Waals surface area contributed by atoms with Crippen molar-refractivity contribution in [1.82, 2.24) is 9.78 Å². The molecule has 0 saturated heterocycles. The van der Waals surface area contributed by atoms with Crippen LogP contribution in [-0.2, 0) is 19.1 Å². The van der Waals surface area contributed by atoms with Gasteiger partial charge in [0.25, 0.3) is 11.8 Å². The monoisotopic (exact) mass is 720 g/mol. The summed E-state index contributed by atoms with van der Waals surface area (Å²) in [6.07, 6.45) is 3.97. The summed E-state index contributed by atoms with van der Waals surface area (Å²) in [7, 11) is 0. The topological polar surface area (TPSA) is 138 Å². The lowest BCUT2D eigenvalue weighted by Crippen LogP contribution is -2.25. The lowest BCUT2D eigenvalue weighted by Gasteiger charge is -2.12. The molecule has 11 nitrogen and oxygen atoms in total. The van der Waals surface area contributed by atoms with Crippen LogP contribution in [0.4, 0.5) is 11.4 Å². The standard InChI is InChI=1S/C40H37ClN4O7/c1-4-22-52-35-21-16-28(24-34(35)41)36-29(25-45(44-36)32-10-8-7-9-11-32)23-33(37(46)42-30-17-12-26(13-18-30)39(48)50-5-2)38(47)43-31-19-14-27(15-20-31)40(49)51-6-3/h7-21,23-25H,4-6,22H2,1-3H3,(H,42,46)(H,43,47). The molecule has 0 fully saturated rings. The van der Waals surface area contributed by atoms with Crippen molar-refractivity contribution in [3.63, 3.8) is 0 Å². The molecule has 0 bridgehead atoms. The zero-order valence-electron chi connectivity index (χ0n) is 28.9. The third-order valence-corrected chi connectivity index (χ3v) is 7.82. The number of aromatic nitrogens is 2. The van der Waals surface area contributed by atoms with E-state index in [4.69, 9.17) is 30.9 Å². The van der Waals surface area contributed by atoms with Gasteiger partial charge in [0, 0.05) is 28.7 Å². The van der Waals surface area contributed by atoms with Gasteiger partial charge in [0.2, 0.25) is 0 Å². The van der Waals surface area contributed by atoms with Gasteiger partial charge in [-0.2, -0.15) is 5.10 Å². The predicted octanol–water partition coefficient (Wildman–Crippen LogP) is 8.00. The minimum absolute atomic E-state index is 0.220. The Bertz CT molecular complexity index is 2000. The smallest absolute Gasteiger partial charge is 0.338 e. The molecule has 5 rings (SSSR count). The summed E-state index contributed by atoms with van der Waals surface area (Å²) in [6.45, 7) is 6.36. The molecular formula is C40H37ClN4O7. The fraction of sp³-hybridized carbons (Fsp3) is 0.175. The predicted molar refractivity (Wildman–Crippen MR) is 200 cm³/mol. The Balaban J connectivity index is 1.56. The van der Waals surface area contributed by atoms with Crippen molar-refractivity contribution in [3.05, 3.63) is 131 Å². The Morgan fingerprint density at radius 1 is 0.750 bits per heavy atom. The van der Waals surface area contributed by atoms with Crippen molar-refractivity contribution in [2.75, 3.05) is 30.5 Å². The number of anilines is 2. The van der Waals surface area contributed by atoms with Gasteiger partial charge in [-0.1, -0.05) is 36.7 Å². The first kappa shape index (κ1) is 37.1. The van der Waals surface area contributed by atoms with Crippen LogP contribution in [0, 0.1) is 0 Å². The molecule has 0 radical (unpaired) electrons. The number of hydrogen-bond donors (Lipinski definition) is 2. The molecule has 0 spiro atoms. The Hall–Kier alpha value is -6.20. The molecule has 0 atom stereocenters. The fourth-order valence-corrected chi connectivity index (χ4v) is 5.24. The normalized spacial score (nSPS) is 10.5. The molecule has 0 unspecified atom stereocenters. The summed E-state index contributed by atoms with van der Waals surface area (Å²) in [5.41, 5.74) is 3.29. The number of carbonyl (C=O) groups is 4. The number of esters is 2. The summed E-state index contributed by atoms with van der Waals surface area (Å²) in [5, 5.41) is 10.7. The maximum absolute atomic E-state index is 14.0. The Morgan fingerprint density at radius 2 is 1.31 bits per heavy atom. The molecule has 12 heteroatoms. The molecule has 0 aliphatic heterocycles. The van der Waals surface area contributed by atoms with Crippen LogP contribution in [0.2, 0.25) is 5.02 Å². The van der Waals surface area contributed by atoms with Crippen LogP contribution in [0.15, 0.2) is 109 Å². The number of rotatable bonds is 14. The van der Waals surface area contributed by atoms with Gasteiger partial charge in [0.05, 0.1) is 41.7 Å². The van der Waals surface area contributed by atoms with Crippen LogP contribution in [0.25, 0.3) is 23.0 Å². The second-order valence-corrected chi connectivity index (χ2v) is 11.7. The maximum Gasteiger partial charge on any atom is 0.338 e. The molecule has 2 amide bonds. The fourth-order valence-electron chi connectivity index (χ4n) is 5.00. The number of hydrogen-bond acceptors (Lipinski definition) is 8. The minimum atomic E-state index is -0.732. The van der Waals surface area contributed by atoms with Gasteiger partial charge in [0.15, 0.2) is 0 Å². The second kappa shape index (κ2) is 17.6. The van der Waals surface area contributed by atoms with Crippen LogP contribution >= 0.6 is 11.6 Å². The molecule has 1 heterocycles. The molecule has 4 aromatic carbocycles. The summed E-state index contributed by atoms with van der Waals surface area (Å²) < 4.78 is 17.5. The lowest BCUT2D eigenvalue weighted by molar-refractivity contribution is -0.118. The molecule has 0 saturated carbocycles. The van der Waals surface area contributed by atoms with E-state index in [0.717, 1.165) is 12.1 Å². The second-order valence-electron chi connectivity index (χ2n) is 11.3. The van der Waals surface area contributed by atoms with Gasteiger partial charge in [-0.3, -0.25) is 9.59 Å². The van der Waals surface area contributed by atoms with E-state index in [2.05, 4.69) is 10.6 Å². The highest BCUT2D eigenvalue weighted by Gasteiger charge is 2.23. The van der Waals surface area contributed by atoms with Gasteiger partial charge in [-0.25, -0.2) is 14.3 Å². The first-order valence-electron chi connectivity index (χ1n) is 16.7. The van der Waals surface area contributed by atoms with Crippen molar-refractivity contribution in [2.45, 2.75) is 27.2 Å². The van der Waals surface area contributed by atoms with Crippen molar-refractivity contribution in [2.24, 2.45) is 0 Å². The van der Waals surface area contributed by atoms with Crippen LogP contribution in [-0.4, -0.2) is 53.4 Å². The zero-order chi connectivity index (χ0) is 37.0. The SMILES string of the molecule is CCCOc1ccc(-c2nn(-c3ccccc3)cc2C=C(C(=O)Nc2ccc(C(=O)OCC)cc2)C(=O)Nc2ccc(C(=O)OCC)cc2)cc1Cl. The van der Waals surface area contributed by atoms with E-state index in [-0.39, 0.29) is 18.8 Å². The Labute approximate surface area is 306 Å². The molecule has 5 aromatic rings. The first-order valence-corrected chi connectivity index (χ1v) is 17.0. The Morgan fingerprint density at radius 3 is 1.81 bits per heavy atom. The maximum atomic E-state index is 14.0. The third-order valence-electron chi connectivity index (χ3n) is 7.53. The third kappa shape index (κ3) is 9.32.